The smallest absolute Gasteiger partial charge is 0.237 e. The van der Waals surface area contributed by atoms with Gasteiger partial charge in [-0.05, 0) is 19.1 Å². The van der Waals surface area contributed by atoms with Gasteiger partial charge in [-0.1, -0.05) is 6.07 Å². The molecule has 0 aliphatic heterocycles. The number of carbonyl (C=O) groups excluding carboxylic acids is 2. The summed E-state index contributed by atoms with van der Waals surface area (Å²) in [7, 11) is 1.56. The van der Waals surface area contributed by atoms with E-state index in [0.717, 1.165) is 0 Å². The van der Waals surface area contributed by atoms with Crippen LogP contribution in [0.4, 0.5) is 5.69 Å². The molecular weight excluding hydrogens is 268 g/mol. The number of methoxy groups -OCH3 is 1. The number of halogens is 1. The minimum Gasteiger partial charge on any atom is -0.497 e. The molecule has 0 spiro atoms. The molecule has 0 radical (unpaired) electrons. The Bertz CT molecular complexity index is 449. The Morgan fingerprint density at radius 3 is 2.79 bits per heavy atom. The minimum atomic E-state index is -0.596. The molecule has 1 aromatic carbocycles. The summed E-state index contributed by atoms with van der Waals surface area (Å²) in [6, 6.07) is 7.06. The van der Waals surface area contributed by atoms with Gasteiger partial charge in [-0.15, -0.1) is 11.6 Å². The summed E-state index contributed by atoms with van der Waals surface area (Å²) in [5.41, 5.74) is 0.654. The molecule has 0 aliphatic carbocycles. The summed E-state index contributed by atoms with van der Waals surface area (Å²) in [6.07, 6.45) is 0.187. The number of amides is 2. The predicted octanol–water partition coefficient (Wildman–Crippen LogP) is 1.77. The van der Waals surface area contributed by atoms with Gasteiger partial charge in [0.25, 0.3) is 0 Å². The second-order valence-electron chi connectivity index (χ2n) is 3.94. The van der Waals surface area contributed by atoms with E-state index in [9.17, 15) is 9.59 Å². The van der Waals surface area contributed by atoms with Gasteiger partial charge in [0, 0.05) is 24.7 Å². The second kappa shape index (κ2) is 7.63. The Balaban J connectivity index is 2.36. The highest BCUT2D eigenvalue weighted by molar-refractivity contribution is 6.30. The number of anilines is 1. The molecule has 19 heavy (non-hydrogen) atoms. The number of hydrogen-bond acceptors (Lipinski definition) is 3. The molecule has 0 unspecified atom stereocenters. The number of rotatable bonds is 6. The molecule has 2 N–H and O–H groups in total. The number of carbonyl (C=O) groups is 2. The van der Waals surface area contributed by atoms with Crippen LogP contribution in [0.15, 0.2) is 24.3 Å². The average molecular weight is 285 g/mol. The molecule has 0 aliphatic rings. The van der Waals surface area contributed by atoms with Crippen molar-refractivity contribution in [3.8, 4) is 5.75 Å². The van der Waals surface area contributed by atoms with Crippen LogP contribution in [0, 0.1) is 0 Å². The Kier molecular flexibility index (Phi) is 6.15. The first-order valence-electron chi connectivity index (χ1n) is 5.88. The number of ether oxygens (including phenoxy) is 1. The van der Waals surface area contributed by atoms with Gasteiger partial charge in [-0.25, -0.2) is 0 Å². The highest BCUT2D eigenvalue weighted by atomic mass is 35.5. The van der Waals surface area contributed by atoms with Crippen LogP contribution in [0.1, 0.15) is 13.3 Å². The van der Waals surface area contributed by atoms with E-state index in [1.54, 1.807) is 38.3 Å². The van der Waals surface area contributed by atoms with Gasteiger partial charge < -0.3 is 15.4 Å². The molecule has 5 nitrogen and oxygen atoms in total. The third kappa shape index (κ3) is 5.61. The summed E-state index contributed by atoms with van der Waals surface area (Å²) in [5.74, 6) is 0.202. The van der Waals surface area contributed by atoms with Gasteiger partial charge in [0.15, 0.2) is 0 Å². The van der Waals surface area contributed by atoms with Gasteiger partial charge >= 0.3 is 0 Å². The van der Waals surface area contributed by atoms with Crippen molar-refractivity contribution in [3.05, 3.63) is 24.3 Å². The van der Waals surface area contributed by atoms with Gasteiger partial charge in [-0.3, -0.25) is 9.59 Å². The SMILES string of the molecule is COc1cccc(NC(=O)CCNC(=O)[C@@H](C)Cl)c1. The average Bonchev–Trinajstić information content (AvgIpc) is 2.38. The summed E-state index contributed by atoms with van der Waals surface area (Å²) in [6.45, 7) is 1.83. The Labute approximate surface area is 117 Å². The molecule has 0 bridgehead atoms. The van der Waals surface area contributed by atoms with Crippen LogP contribution in [0.2, 0.25) is 0 Å². The van der Waals surface area contributed by atoms with Crippen molar-refractivity contribution < 1.29 is 14.3 Å². The maximum Gasteiger partial charge on any atom is 0.237 e. The van der Waals surface area contributed by atoms with Gasteiger partial charge in [0.2, 0.25) is 11.8 Å². The molecule has 0 saturated heterocycles. The van der Waals surface area contributed by atoms with E-state index in [1.165, 1.54) is 0 Å². The van der Waals surface area contributed by atoms with Crippen molar-refractivity contribution in [1.29, 1.82) is 0 Å². The summed E-state index contributed by atoms with van der Waals surface area (Å²) >= 11 is 5.58. The van der Waals surface area contributed by atoms with E-state index in [1.807, 2.05) is 0 Å². The van der Waals surface area contributed by atoms with E-state index < -0.39 is 5.38 Å². The zero-order valence-corrected chi connectivity index (χ0v) is 11.7. The molecule has 0 fully saturated rings. The highest BCUT2D eigenvalue weighted by Gasteiger charge is 2.09. The fourth-order valence-corrected chi connectivity index (χ4v) is 1.44. The lowest BCUT2D eigenvalue weighted by molar-refractivity contribution is -0.120. The van der Waals surface area contributed by atoms with Gasteiger partial charge in [0.1, 0.15) is 11.1 Å². The Morgan fingerprint density at radius 2 is 2.16 bits per heavy atom. The minimum absolute atomic E-state index is 0.184. The molecule has 6 heteroatoms. The summed E-state index contributed by atoms with van der Waals surface area (Å²) in [4.78, 5) is 22.8. The van der Waals surface area contributed by atoms with Crippen molar-refractivity contribution in [2.24, 2.45) is 0 Å². The molecule has 1 aromatic rings. The fraction of sp³-hybridized carbons (Fsp3) is 0.385. The third-order valence-corrected chi connectivity index (χ3v) is 2.56. The van der Waals surface area contributed by atoms with Crippen LogP contribution >= 0.6 is 11.6 Å². The van der Waals surface area contributed by atoms with E-state index >= 15 is 0 Å². The van der Waals surface area contributed by atoms with Crippen LogP contribution in [0.5, 0.6) is 5.75 Å². The molecule has 2 amide bonds. The topological polar surface area (TPSA) is 67.4 Å². The Morgan fingerprint density at radius 1 is 1.42 bits per heavy atom. The van der Waals surface area contributed by atoms with E-state index in [0.29, 0.717) is 11.4 Å². The normalized spacial score (nSPS) is 11.5. The van der Waals surface area contributed by atoms with Crippen LogP contribution in [0.25, 0.3) is 0 Å². The molecule has 1 rings (SSSR count). The first kappa shape index (κ1) is 15.3. The highest BCUT2D eigenvalue weighted by Crippen LogP contribution is 2.16. The predicted molar refractivity (Wildman–Crippen MR) is 74.6 cm³/mol. The van der Waals surface area contributed by atoms with E-state index in [-0.39, 0.29) is 24.8 Å². The van der Waals surface area contributed by atoms with Gasteiger partial charge in [-0.2, -0.15) is 0 Å². The second-order valence-corrected chi connectivity index (χ2v) is 4.59. The van der Waals surface area contributed by atoms with E-state index in [4.69, 9.17) is 16.3 Å². The Hall–Kier alpha value is -1.75. The first-order valence-corrected chi connectivity index (χ1v) is 6.32. The lowest BCUT2D eigenvalue weighted by atomic mass is 10.3. The molecule has 0 heterocycles. The molecular formula is C13H17ClN2O3. The zero-order valence-electron chi connectivity index (χ0n) is 10.9. The summed E-state index contributed by atoms with van der Waals surface area (Å²) in [5, 5.41) is 4.69. The monoisotopic (exact) mass is 284 g/mol. The van der Waals surface area contributed by atoms with Crippen LogP contribution in [-0.2, 0) is 9.59 Å². The van der Waals surface area contributed by atoms with E-state index in [2.05, 4.69) is 10.6 Å². The van der Waals surface area contributed by atoms with Crippen molar-refractivity contribution in [3.63, 3.8) is 0 Å². The third-order valence-electron chi connectivity index (χ3n) is 2.37. The van der Waals surface area contributed by atoms with Crippen molar-refractivity contribution in [1.82, 2.24) is 5.32 Å². The van der Waals surface area contributed by atoms with Crippen molar-refractivity contribution >= 4 is 29.1 Å². The molecule has 1 atom stereocenters. The number of nitrogens with one attached hydrogen (secondary N) is 2. The largest absolute Gasteiger partial charge is 0.497 e. The number of benzene rings is 1. The van der Waals surface area contributed by atoms with Gasteiger partial charge in [0.05, 0.1) is 7.11 Å². The number of alkyl halides is 1. The maximum atomic E-state index is 11.6. The van der Waals surface area contributed by atoms with Crippen molar-refractivity contribution in [2.75, 3.05) is 19.0 Å². The molecule has 104 valence electrons. The molecule has 0 aromatic heterocycles. The summed E-state index contributed by atoms with van der Waals surface area (Å²) < 4.78 is 5.05. The first-order chi connectivity index (χ1) is 9.02. The standard InChI is InChI=1S/C13H17ClN2O3/c1-9(14)13(18)15-7-6-12(17)16-10-4-3-5-11(8-10)19-2/h3-5,8-9H,6-7H2,1-2H3,(H,15,18)(H,16,17)/t9-/m1/s1. The quantitative estimate of drug-likeness (QED) is 0.782. The lowest BCUT2D eigenvalue weighted by Gasteiger charge is -2.08. The lowest BCUT2D eigenvalue weighted by Crippen LogP contribution is -2.32. The number of hydrogen-bond donors (Lipinski definition) is 2. The van der Waals surface area contributed by atoms with Crippen LogP contribution < -0.4 is 15.4 Å². The van der Waals surface area contributed by atoms with Crippen LogP contribution in [-0.4, -0.2) is 30.8 Å². The zero-order chi connectivity index (χ0) is 14.3. The fourth-order valence-electron chi connectivity index (χ4n) is 1.36. The van der Waals surface area contributed by atoms with Crippen LogP contribution in [0.3, 0.4) is 0 Å². The van der Waals surface area contributed by atoms with Crippen molar-refractivity contribution in [2.45, 2.75) is 18.7 Å². The molecule has 0 saturated carbocycles. The maximum absolute atomic E-state index is 11.6.